The molecule has 4 N–H and O–H groups in total. The lowest BCUT2D eigenvalue weighted by Crippen LogP contribution is -2.39. The quantitative estimate of drug-likeness (QED) is 0.422. The second-order valence-corrected chi connectivity index (χ2v) is 10.3. The summed E-state index contributed by atoms with van der Waals surface area (Å²) in [5.74, 6) is 2.26. The Hall–Kier alpha value is -2.81. The first-order chi connectivity index (χ1) is 14.8. The Labute approximate surface area is 183 Å². The third kappa shape index (κ3) is 5.88. The van der Waals surface area contributed by atoms with Crippen molar-refractivity contribution in [2.45, 2.75) is 37.5 Å². The van der Waals surface area contributed by atoms with E-state index < -0.39 is 9.73 Å². The van der Waals surface area contributed by atoms with Gasteiger partial charge in [0.2, 0.25) is 5.88 Å². The second-order valence-electron chi connectivity index (χ2n) is 8.09. The first-order valence-corrected chi connectivity index (χ1v) is 12.3. The molecule has 168 valence electrons. The number of nitrogens with zero attached hydrogens (tertiary/aromatic N) is 3. The molecule has 1 unspecified atom stereocenters. The van der Waals surface area contributed by atoms with Gasteiger partial charge in [-0.1, -0.05) is 12.6 Å². The minimum absolute atomic E-state index is 0.229. The maximum atomic E-state index is 12.9. The lowest BCUT2D eigenvalue weighted by Gasteiger charge is -2.36. The van der Waals surface area contributed by atoms with E-state index in [4.69, 9.17) is 15.3 Å². The predicted octanol–water partition coefficient (Wildman–Crippen LogP) is 1.62. The zero-order valence-corrected chi connectivity index (χ0v) is 19.0. The molecule has 1 fully saturated rings. The zero-order valence-electron chi connectivity index (χ0n) is 18.2. The fourth-order valence-electron chi connectivity index (χ4n) is 4.23. The van der Waals surface area contributed by atoms with Gasteiger partial charge < -0.3 is 20.4 Å². The Morgan fingerprint density at radius 1 is 1.42 bits per heavy atom. The van der Waals surface area contributed by atoms with Gasteiger partial charge in [-0.15, -0.1) is 0 Å². The second kappa shape index (κ2) is 10.00. The van der Waals surface area contributed by atoms with E-state index in [1.807, 2.05) is 25.4 Å². The lowest BCUT2D eigenvalue weighted by molar-refractivity contribution is 0.228. The van der Waals surface area contributed by atoms with Gasteiger partial charge in [0.1, 0.15) is 5.82 Å². The van der Waals surface area contributed by atoms with Gasteiger partial charge in [0, 0.05) is 57.6 Å². The Kier molecular flexibility index (Phi) is 7.37. The highest BCUT2D eigenvalue weighted by Gasteiger charge is 2.27. The number of methoxy groups -OCH3 is 1. The molecule has 0 aromatic carbocycles. The highest BCUT2D eigenvalue weighted by atomic mass is 32.2. The van der Waals surface area contributed by atoms with Gasteiger partial charge in [0.15, 0.2) is 0 Å². The molecular weight excluding hydrogens is 412 g/mol. The summed E-state index contributed by atoms with van der Waals surface area (Å²) in [5.41, 5.74) is 6.40. The summed E-state index contributed by atoms with van der Waals surface area (Å²) in [7, 11) is 0.881. The molecule has 1 saturated carbocycles. The number of aromatic amines is 1. The Morgan fingerprint density at radius 3 is 2.71 bits per heavy atom. The fraction of sp³-hybridized carbons (Fsp3) is 0.455. The SMILES string of the molecule is C=c1[nH]cc/c1=C(/N=C\N)N(C)C1CCC(CS(=N)(=O)Cc2ccc(OC)nc2)CC1. The number of aromatic nitrogens is 2. The summed E-state index contributed by atoms with van der Waals surface area (Å²) in [6, 6.07) is 5.84. The lowest BCUT2D eigenvalue weighted by atomic mass is 9.86. The number of hydrogen-bond donors (Lipinski definition) is 3. The number of aliphatic imine (C=N–C) groups is 1. The fourth-order valence-corrected chi connectivity index (χ4v) is 6.15. The van der Waals surface area contributed by atoms with Crippen molar-refractivity contribution in [2.24, 2.45) is 16.6 Å². The van der Waals surface area contributed by atoms with E-state index in [2.05, 4.69) is 26.4 Å². The molecule has 1 aliphatic carbocycles. The van der Waals surface area contributed by atoms with E-state index in [1.165, 1.54) is 6.34 Å². The van der Waals surface area contributed by atoms with Crippen molar-refractivity contribution in [3.63, 3.8) is 0 Å². The number of pyridine rings is 1. The molecule has 0 spiro atoms. The number of nitrogens with two attached hydrogens (primary N) is 1. The number of nitrogens with one attached hydrogen (secondary N) is 2. The molecule has 8 nitrogen and oxygen atoms in total. The van der Waals surface area contributed by atoms with Gasteiger partial charge >= 0.3 is 0 Å². The van der Waals surface area contributed by atoms with Crippen LogP contribution in [0.3, 0.4) is 0 Å². The molecule has 0 radical (unpaired) electrons. The number of H-pyrrole nitrogens is 1. The number of rotatable bonds is 8. The monoisotopic (exact) mass is 444 g/mol. The number of ether oxygens (including phenoxy) is 1. The molecule has 3 rings (SSSR count). The van der Waals surface area contributed by atoms with E-state index in [9.17, 15) is 4.21 Å². The van der Waals surface area contributed by atoms with Crippen LogP contribution in [0.25, 0.3) is 12.4 Å². The third-order valence-corrected chi connectivity index (χ3v) is 7.69. The molecule has 2 aromatic rings. The molecule has 0 amide bonds. The van der Waals surface area contributed by atoms with Crippen LogP contribution in [-0.4, -0.2) is 51.4 Å². The van der Waals surface area contributed by atoms with E-state index in [-0.39, 0.29) is 11.7 Å². The van der Waals surface area contributed by atoms with Crippen molar-refractivity contribution < 1.29 is 8.95 Å². The van der Waals surface area contributed by atoms with Crippen molar-refractivity contribution >= 4 is 28.5 Å². The topological polar surface area (TPSA) is 120 Å². The zero-order chi connectivity index (χ0) is 22.4. The molecular formula is C22H32N6O2S. The van der Waals surface area contributed by atoms with Crippen molar-refractivity contribution in [3.8, 4) is 5.88 Å². The standard InChI is InChI=1S/C22H32N6O2S/c1-16-20(10-11-25-16)22(27-15-23)28(2)19-7-4-17(5-8-19)13-31(24,29)14-18-6-9-21(30-3)26-12-18/h6,9-12,15,17,19,24-25H,1,4-5,7-8,13-14H2,2-3H3,(H2,23,27)/b22-20+. The van der Waals surface area contributed by atoms with Crippen molar-refractivity contribution in [1.29, 1.82) is 4.78 Å². The molecule has 2 heterocycles. The summed E-state index contributed by atoms with van der Waals surface area (Å²) in [6.45, 7) is 4.03. The molecule has 2 aromatic heterocycles. The van der Waals surface area contributed by atoms with Gasteiger partial charge in [-0.2, -0.15) is 0 Å². The minimum atomic E-state index is -2.71. The molecule has 1 atom stereocenters. The van der Waals surface area contributed by atoms with Crippen LogP contribution in [0.5, 0.6) is 5.88 Å². The normalized spacial score (nSPS) is 22.1. The van der Waals surface area contributed by atoms with E-state index in [1.54, 1.807) is 19.4 Å². The van der Waals surface area contributed by atoms with Crippen LogP contribution in [0.2, 0.25) is 0 Å². The summed E-state index contributed by atoms with van der Waals surface area (Å²) in [4.78, 5) is 13.8. The van der Waals surface area contributed by atoms with Crippen LogP contribution in [0.15, 0.2) is 35.6 Å². The maximum Gasteiger partial charge on any atom is 0.212 e. The molecule has 0 saturated heterocycles. The van der Waals surface area contributed by atoms with Crippen LogP contribution in [0, 0.1) is 10.7 Å². The average Bonchev–Trinajstić information content (AvgIpc) is 3.17. The van der Waals surface area contributed by atoms with Crippen molar-refractivity contribution in [2.75, 3.05) is 19.9 Å². The minimum Gasteiger partial charge on any atom is -0.481 e. The highest BCUT2D eigenvalue weighted by Crippen LogP contribution is 2.30. The van der Waals surface area contributed by atoms with Crippen LogP contribution < -0.4 is 21.0 Å². The molecule has 0 aliphatic heterocycles. The van der Waals surface area contributed by atoms with Gasteiger partial charge in [0.05, 0.1) is 19.2 Å². The van der Waals surface area contributed by atoms with Gasteiger partial charge in [-0.3, -0.25) is 4.78 Å². The first-order valence-electron chi connectivity index (χ1n) is 10.4. The first kappa shape index (κ1) is 22.9. The van der Waals surface area contributed by atoms with Crippen LogP contribution in [-0.2, 0) is 15.5 Å². The Balaban J connectivity index is 1.61. The molecule has 9 heteroatoms. The maximum absolute atomic E-state index is 12.9. The smallest absolute Gasteiger partial charge is 0.212 e. The Bertz CT molecular complexity index is 1100. The summed E-state index contributed by atoms with van der Waals surface area (Å²) >= 11 is 0. The summed E-state index contributed by atoms with van der Waals surface area (Å²) in [5, 5.41) is 1.75. The number of hydrogen-bond acceptors (Lipinski definition) is 6. The van der Waals surface area contributed by atoms with Gasteiger partial charge in [-0.25, -0.2) is 14.2 Å². The van der Waals surface area contributed by atoms with Gasteiger partial charge in [-0.05, 0) is 43.2 Å². The summed E-state index contributed by atoms with van der Waals surface area (Å²) in [6.07, 6.45) is 8.60. The van der Waals surface area contributed by atoms with E-state index >= 15 is 0 Å². The van der Waals surface area contributed by atoms with Crippen LogP contribution in [0.1, 0.15) is 31.2 Å². The van der Waals surface area contributed by atoms with Crippen LogP contribution >= 0.6 is 0 Å². The highest BCUT2D eigenvalue weighted by molar-refractivity contribution is 7.91. The summed E-state index contributed by atoms with van der Waals surface area (Å²) < 4.78 is 26.4. The molecule has 31 heavy (non-hydrogen) atoms. The molecule has 0 bridgehead atoms. The largest absolute Gasteiger partial charge is 0.481 e. The van der Waals surface area contributed by atoms with Crippen molar-refractivity contribution in [1.82, 2.24) is 14.9 Å². The molecule has 1 aliphatic rings. The van der Waals surface area contributed by atoms with Crippen LogP contribution in [0.4, 0.5) is 0 Å². The van der Waals surface area contributed by atoms with Crippen molar-refractivity contribution in [3.05, 3.63) is 46.7 Å². The third-order valence-electron chi connectivity index (χ3n) is 5.88. The Morgan fingerprint density at radius 2 is 2.16 bits per heavy atom. The van der Waals surface area contributed by atoms with Gasteiger partial charge in [0.25, 0.3) is 0 Å². The van der Waals surface area contributed by atoms with E-state index in [0.717, 1.165) is 47.6 Å². The van der Waals surface area contributed by atoms with E-state index in [0.29, 0.717) is 17.7 Å². The predicted molar refractivity (Wildman–Crippen MR) is 125 cm³/mol. The average molecular weight is 445 g/mol.